The standard InChI is InChI=1S/C17H25NO3/c1-13(19)15-4-5-17(20-3)16(10-15)12-18(2)11-14-6-8-21-9-7-14/h4-5,10,14H,6-9,11-12H2,1-3H3. The van der Waals surface area contributed by atoms with Gasteiger partial charge in [-0.3, -0.25) is 4.79 Å². The van der Waals surface area contributed by atoms with Gasteiger partial charge in [-0.2, -0.15) is 0 Å². The summed E-state index contributed by atoms with van der Waals surface area (Å²) in [7, 11) is 3.79. The summed E-state index contributed by atoms with van der Waals surface area (Å²) < 4.78 is 10.8. The van der Waals surface area contributed by atoms with Crippen LogP contribution in [0.1, 0.15) is 35.7 Å². The minimum absolute atomic E-state index is 0.0889. The predicted molar refractivity (Wildman–Crippen MR) is 82.9 cm³/mol. The molecule has 1 saturated heterocycles. The first kappa shape index (κ1) is 16.0. The number of hydrogen-bond donors (Lipinski definition) is 0. The Balaban J connectivity index is 2.02. The molecule has 0 aromatic heterocycles. The average molecular weight is 291 g/mol. The number of carbonyl (C=O) groups is 1. The molecule has 1 fully saturated rings. The molecule has 0 unspecified atom stereocenters. The molecule has 0 atom stereocenters. The molecule has 1 aliphatic rings. The highest BCUT2D eigenvalue weighted by atomic mass is 16.5. The Morgan fingerprint density at radius 2 is 2.10 bits per heavy atom. The van der Waals surface area contributed by atoms with Crippen molar-refractivity contribution in [3.63, 3.8) is 0 Å². The minimum Gasteiger partial charge on any atom is -0.496 e. The summed E-state index contributed by atoms with van der Waals surface area (Å²) >= 11 is 0. The van der Waals surface area contributed by atoms with Crippen LogP contribution in [0.4, 0.5) is 0 Å². The second kappa shape index (κ2) is 7.57. The van der Waals surface area contributed by atoms with E-state index in [9.17, 15) is 4.79 Å². The molecule has 0 amide bonds. The average Bonchev–Trinajstić information content (AvgIpc) is 2.48. The van der Waals surface area contributed by atoms with E-state index in [0.29, 0.717) is 5.92 Å². The number of rotatable bonds is 6. The zero-order chi connectivity index (χ0) is 15.2. The maximum Gasteiger partial charge on any atom is 0.159 e. The van der Waals surface area contributed by atoms with E-state index in [1.54, 1.807) is 14.0 Å². The van der Waals surface area contributed by atoms with Crippen LogP contribution >= 0.6 is 0 Å². The Kier molecular flexibility index (Phi) is 5.76. The highest BCUT2D eigenvalue weighted by Gasteiger charge is 2.17. The molecule has 0 spiro atoms. The van der Waals surface area contributed by atoms with Crippen molar-refractivity contribution in [1.82, 2.24) is 4.90 Å². The van der Waals surface area contributed by atoms with E-state index >= 15 is 0 Å². The number of carbonyl (C=O) groups excluding carboxylic acids is 1. The van der Waals surface area contributed by atoms with Crippen molar-refractivity contribution in [2.75, 3.05) is 33.9 Å². The Labute approximate surface area is 127 Å². The van der Waals surface area contributed by atoms with Gasteiger partial charge in [0.05, 0.1) is 7.11 Å². The summed E-state index contributed by atoms with van der Waals surface area (Å²) in [6.45, 7) is 5.19. The van der Waals surface area contributed by atoms with Gasteiger partial charge in [-0.05, 0) is 50.9 Å². The van der Waals surface area contributed by atoms with Crippen molar-refractivity contribution >= 4 is 5.78 Å². The van der Waals surface area contributed by atoms with E-state index in [2.05, 4.69) is 11.9 Å². The zero-order valence-electron chi connectivity index (χ0n) is 13.2. The van der Waals surface area contributed by atoms with Gasteiger partial charge in [-0.25, -0.2) is 0 Å². The van der Waals surface area contributed by atoms with Crippen molar-refractivity contribution in [3.8, 4) is 5.75 Å². The summed E-state index contributed by atoms with van der Waals surface area (Å²) in [5.41, 5.74) is 1.81. The molecule has 1 heterocycles. The molecule has 0 aliphatic carbocycles. The van der Waals surface area contributed by atoms with Gasteiger partial charge in [-0.15, -0.1) is 0 Å². The Hall–Kier alpha value is -1.39. The van der Waals surface area contributed by atoms with E-state index < -0.39 is 0 Å². The van der Waals surface area contributed by atoms with Crippen LogP contribution in [0.3, 0.4) is 0 Å². The number of Topliss-reactive ketones (excluding diaryl/α,β-unsaturated/α-hetero) is 1. The fourth-order valence-corrected chi connectivity index (χ4v) is 2.85. The smallest absolute Gasteiger partial charge is 0.159 e. The molecule has 0 radical (unpaired) electrons. The molecule has 1 aromatic carbocycles. The number of methoxy groups -OCH3 is 1. The van der Waals surface area contributed by atoms with Crippen LogP contribution in [-0.2, 0) is 11.3 Å². The fraction of sp³-hybridized carbons (Fsp3) is 0.588. The molecule has 0 saturated carbocycles. The first-order chi connectivity index (χ1) is 10.1. The summed E-state index contributed by atoms with van der Waals surface area (Å²) in [5, 5.41) is 0. The van der Waals surface area contributed by atoms with Gasteiger partial charge in [0.2, 0.25) is 0 Å². The molecule has 4 heteroatoms. The van der Waals surface area contributed by atoms with Crippen LogP contribution in [0.15, 0.2) is 18.2 Å². The van der Waals surface area contributed by atoms with Crippen LogP contribution in [0.25, 0.3) is 0 Å². The normalized spacial score (nSPS) is 16.2. The number of ketones is 1. The molecule has 116 valence electrons. The third-order valence-electron chi connectivity index (χ3n) is 4.04. The molecule has 0 N–H and O–H groups in total. The van der Waals surface area contributed by atoms with E-state index in [1.807, 2.05) is 18.2 Å². The lowest BCUT2D eigenvalue weighted by Crippen LogP contribution is -2.29. The minimum atomic E-state index is 0.0889. The summed E-state index contributed by atoms with van der Waals surface area (Å²) in [4.78, 5) is 13.8. The number of ether oxygens (including phenoxy) is 2. The topological polar surface area (TPSA) is 38.8 Å². The van der Waals surface area contributed by atoms with Crippen LogP contribution in [0.5, 0.6) is 5.75 Å². The fourth-order valence-electron chi connectivity index (χ4n) is 2.85. The lowest BCUT2D eigenvalue weighted by molar-refractivity contribution is 0.0549. The zero-order valence-corrected chi connectivity index (χ0v) is 13.2. The highest BCUT2D eigenvalue weighted by Crippen LogP contribution is 2.23. The highest BCUT2D eigenvalue weighted by molar-refractivity contribution is 5.94. The van der Waals surface area contributed by atoms with E-state index in [1.165, 1.54) is 0 Å². The predicted octanol–water partition coefficient (Wildman–Crippen LogP) is 2.76. The second-order valence-corrected chi connectivity index (χ2v) is 5.84. The molecule has 0 bridgehead atoms. The van der Waals surface area contributed by atoms with Crippen molar-refractivity contribution in [2.24, 2.45) is 5.92 Å². The van der Waals surface area contributed by atoms with Crippen molar-refractivity contribution in [1.29, 1.82) is 0 Å². The summed E-state index contributed by atoms with van der Waals surface area (Å²) in [5.74, 6) is 1.63. The molecule has 1 aliphatic heterocycles. The van der Waals surface area contributed by atoms with Crippen LogP contribution in [-0.4, -0.2) is 44.6 Å². The van der Waals surface area contributed by atoms with Crippen molar-refractivity contribution in [3.05, 3.63) is 29.3 Å². The third kappa shape index (κ3) is 4.55. The largest absolute Gasteiger partial charge is 0.496 e. The maximum atomic E-state index is 11.5. The summed E-state index contributed by atoms with van der Waals surface area (Å²) in [6, 6.07) is 5.65. The third-order valence-corrected chi connectivity index (χ3v) is 4.04. The molecule has 4 nitrogen and oxygen atoms in total. The quantitative estimate of drug-likeness (QED) is 0.756. The number of nitrogens with zero attached hydrogens (tertiary/aromatic N) is 1. The van der Waals surface area contributed by atoms with Crippen molar-refractivity contribution < 1.29 is 14.3 Å². The first-order valence-corrected chi connectivity index (χ1v) is 7.54. The van der Waals surface area contributed by atoms with Gasteiger partial charge in [0.1, 0.15) is 5.75 Å². The van der Waals surface area contributed by atoms with Crippen LogP contribution in [0, 0.1) is 5.92 Å². The number of benzene rings is 1. The van der Waals surface area contributed by atoms with Gasteiger partial charge >= 0.3 is 0 Å². The van der Waals surface area contributed by atoms with Crippen molar-refractivity contribution in [2.45, 2.75) is 26.3 Å². The van der Waals surface area contributed by atoms with E-state index in [4.69, 9.17) is 9.47 Å². The van der Waals surface area contributed by atoms with Gasteiger partial charge in [-0.1, -0.05) is 0 Å². The molecule has 2 rings (SSSR count). The van der Waals surface area contributed by atoms with Gasteiger partial charge < -0.3 is 14.4 Å². The number of hydrogen-bond acceptors (Lipinski definition) is 4. The Bertz CT molecular complexity index is 481. The molecular weight excluding hydrogens is 266 g/mol. The van der Waals surface area contributed by atoms with Crippen LogP contribution in [0.2, 0.25) is 0 Å². The van der Waals surface area contributed by atoms with Gasteiger partial charge in [0.25, 0.3) is 0 Å². The Morgan fingerprint density at radius 1 is 1.38 bits per heavy atom. The van der Waals surface area contributed by atoms with Gasteiger partial charge in [0.15, 0.2) is 5.78 Å². The lowest BCUT2D eigenvalue weighted by atomic mass is 9.99. The monoisotopic (exact) mass is 291 g/mol. The molecule has 21 heavy (non-hydrogen) atoms. The maximum absolute atomic E-state index is 11.5. The summed E-state index contributed by atoms with van der Waals surface area (Å²) in [6.07, 6.45) is 2.27. The SMILES string of the molecule is COc1ccc(C(C)=O)cc1CN(C)CC1CCOCC1. The van der Waals surface area contributed by atoms with E-state index in [-0.39, 0.29) is 5.78 Å². The van der Waals surface area contributed by atoms with E-state index in [0.717, 1.165) is 56.0 Å². The second-order valence-electron chi connectivity index (χ2n) is 5.84. The molecule has 1 aromatic rings. The Morgan fingerprint density at radius 3 is 2.71 bits per heavy atom. The first-order valence-electron chi connectivity index (χ1n) is 7.54. The molecular formula is C17H25NO3. The van der Waals surface area contributed by atoms with Crippen LogP contribution < -0.4 is 4.74 Å². The van der Waals surface area contributed by atoms with Gasteiger partial charge in [0, 0.05) is 37.4 Å². The lowest BCUT2D eigenvalue weighted by Gasteiger charge is -2.27.